The van der Waals surface area contributed by atoms with Crippen LogP contribution in [0.25, 0.3) is 5.69 Å². The molecular formula is C11H13N3O2S. The first-order chi connectivity index (χ1) is 8.03. The number of hydrogen-bond donors (Lipinski definition) is 1. The molecule has 0 unspecified atom stereocenters. The molecule has 2 rings (SSSR count). The molecule has 2 aromatic rings. The van der Waals surface area contributed by atoms with Crippen molar-refractivity contribution in [1.29, 1.82) is 0 Å². The summed E-state index contributed by atoms with van der Waals surface area (Å²) in [6.45, 7) is 1.62. The van der Waals surface area contributed by atoms with Crippen LogP contribution in [0, 0.1) is 0 Å². The molecule has 0 saturated carbocycles. The topological polar surface area (TPSA) is 78.0 Å². The first-order valence-electron chi connectivity index (χ1n) is 5.17. The summed E-state index contributed by atoms with van der Waals surface area (Å²) in [4.78, 5) is 0.323. The number of sulfone groups is 1. The highest BCUT2D eigenvalue weighted by atomic mass is 32.2. The molecule has 0 spiro atoms. The van der Waals surface area contributed by atoms with Crippen molar-refractivity contribution in [3.63, 3.8) is 0 Å². The molecule has 6 heteroatoms. The van der Waals surface area contributed by atoms with E-state index in [0.717, 1.165) is 5.69 Å². The van der Waals surface area contributed by atoms with E-state index in [2.05, 4.69) is 5.10 Å². The van der Waals surface area contributed by atoms with Gasteiger partial charge in [0.15, 0.2) is 9.84 Å². The summed E-state index contributed by atoms with van der Waals surface area (Å²) in [7, 11) is -3.15. The summed E-state index contributed by atoms with van der Waals surface area (Å²) in [5, 5.41) is 4.04. The van der Waals surface area contributed by atoms with Gasteiger partial charge in [-0.15, -0.1) is 0 Å². The van der Waals surface area contributed by atoms with Gasteiger partial charge in [0, 0.05) is 12.3 Å². The molecule has 0 bridgehead atoms. The van der Waals surface area contributed by atoms with Crippen LogP contribution in [0.4, 0.5) is 5.82 Å². The van der Waals surface area contributed by atoms with Crippen LogP contribution in [-0.4, -0.2) is 24.0 Å². The summed E-state index contributed by atoms with van der Waals surface area (Å²) in [6, 6.07) is 8.23. The highest BCUT2D eigenvalue weighted by Crippen LogP contribution is 2.15. The van der Waals surface area contributed by atoms with Crippen LogP contribution >= 0.6 is 0 Å². The predicted molar refractivity (Wildman–Crippen MR) is 65.7 cm³/mol. The maximum atomic E-state index is 11.6. The van der Waals surface area contributed by atoms with Crippen LogP contribution in [0.5, 0.6) is 0 Å². The summed E-state index contributed by atoms with van der Waals surface area (Å²) in [5.74, 6) is 0.524. The predicted octanol–water partition coefficient (Wildman–Crippen LogP) is 1.25. The van der Waals surface area contributed by atoms with E-state index in [0.29, 0.717) is 10.7 Å². The second-order valence-corrected chi connectivity index (χ2v) is 5.86. The van der Waals surface area contributed by atoms with E-state index in [4.69, 9.17) is 5.73 Å². The van der Waals surface area contributed by atoms with Gasteiger partial charge < -0.3 is 5.73 Å². The number of benzene rings is 1. The summed E-state index contributed by atoms with van der Waals surface area (Å²) in [6.07, 6.45) is 1.72. The van der Waals surface area contributed by atoms with E-state index in [9.17, 15) is 8.42 Å². The van der Waals surface area contributed by atoms with E-state index in [-0.39, 0.29) is 5.75 Å². The molecule has 1 aromatic carbocycles. The SMILES string of the molecule is CCS(=O)(=O)c1ccc(-n2ccc(N)n2)cc1. The number of nitrogens with two attached hydrogens (primary N) is 1. The average Bonchev–Trinajstić information content (AvgIpc) is 2.76. The van der Waals surface area contributed by atoms with E-state index in [1.807, 2.05) is 0 Å². The second-order valence-electron chi connectivity index (χ2n) is 3.58. The molecule has 0 aliphatic carbocycles. The fourth-order valence-electron chi connectivity index (χ4n) is 1.45. The highest BCUT2D eigenvalue weighted by molar-refractivity contribution is 7.91. The van der Waals surface area contributed by atoms with Crippen molar-refractivity contribution in [1.82, 2.24) is 9.78 Å². The molecule has 0 aliphatic heterocycles. The van der Waals surface area contributed by atoms with Crippen molar-refractivity contribution in [2.45, 2.75) is 11.8 Å². The Hall–Kier alpha value is -1.82. The second kappa shape index (κ2) is 4.21. The molecular weight excluding hydrogens is 238 g/mol. The molecule has 0 saturated heterocycles. The van der Waals surface area contributed by atoms with Gasteiger partial charge in [0.1, 0.15) is 5.82 Å². The van der Waals surface area contributed by atoms with Crippen LogP contribution in [-0.2, 0) is 9.84 Å². The van der Waals surface area contributed by atoms with Crippen LogP contribution in [0.1, 0.15) is 6.92 Å². The zero-order valence-corrected chi connectivity index (χ0v) is 10.2. The molecule has 17 heavy (non-hydrogen) atoms. The first kappa shape index (κ1) is 11.7. The Labute approximate surface area is 99.8 Å². The number of nitrogen functional groups attached to an aromatic ring is 1. The number of nitrogens with zero attached hydrogens (tertiary/aromatic N) is 2. The standard InChI is InChI=1S/C11H13N3O2S/c1-2-17(15,16)10-5-3-9(4-6-10)14-8-7-11(12)13-14/h3-8H,2H2,1H3,(H2,12,13). The molecule has 1 aromatic heterocycles. The number of anilines is 1. The Morgan fingerprint density at radius 1 is 1.24 bits per heavy atom. The fourth-order valence-corrected chi connectivity index (χ4v) is 2.34. The van der Waals surface area contributed by atoms with Crippen molar-refractivity contribution >= 4 is 15.7 Å². The minimum Gasteiger partial charge on any atom is -0.382 e. The van der Waals surface area contributed by atoms with Gasteiger partial charge in [-0.05, 0) is 24.3 Å². The van der Waals surface area contributed by atoms with Crippen molar-refractivity contribution < 1.29 is 8.42 Å². The normalized spacial score (nSPS) is 11.6. The van der Waals surface area contributed by atoms with Gasteiger partial charge in [-0.25, -0.2) is 13.1 Å². The largest absolute Gasteiger partial charge is 0.382 e. The molecule has 90 valence electrons. The van der Waals surface area contributed by atoms with Gasteiger partial charge in [-0.3, -0.25) is 0 Å². The Morgan fingerprint density at radius 3 is 2.35 bits per heavy atom. The zero-order valence-electron chi connectivity index (χ0n) is 9.37. The molecule has 0 fully saturated rings. The third-order valence-electron chi connectivity index (χ3n) is 2.45. The lowest BCUT2D eigenvalue weighted by Crippen LogP contribution is -2.04. The van der Waals surface area contributed by atoms with Crippen LogP contribution in [0.3, 0.4) is 0 Å². The lowest BCUT2D eigenvalue weighted by atomic mass is 10.3. The molecule has 5 nitrogen and oxygen atoms in total. The number of hydrogen-bond acceptors (Lipinski definition) is 4. The first-order valence-corrected chi connectivity index (χ1v) is 6.82. The maximum absolute atomic E-state index is 11.6. The van der Waals surface area contributed by atoms with E-state index < -0.39 is 9.84 Å². The van der Waals surface area contributed by atoms with Crippen LogP contribution in [0.15, 0.2) is 41.4 Å². The van der Waals surface area contributed by atoms with E-state index >= 15 is 0 Å². The third-order valence-corrected chi connectivity index (χ3v) is 4.20. The fraction of sp³-hybridized carbons (Fsp3) is 0.182. The minimum absolute atomic E-state index is 0.0983. The Morgan fingerprint density at radius 2 is 1.88 bits per heavy atom. The summed E-state index contributed by atoms with van der Waals surface area (Å²) >= 11 is 0. The molecule has 2 N–H and O–H groups in total. The van der Waals surface area contributed by atoms with Gasteiger partial charge in [-0.2, -0.15) is 5.10 Å². The molecule has 1 heterocycles. The van der Waals surface area contributed by atoms with Crippen molar-refractivity contribution in [2.24, 2.45) is 0 Å². The van der Waals surface area contributed by atoms with Crippen molar-refractivity contribution in [3.05, 3.63) is 36.5 Å². The van der Waals surface area contributed by atoms with Gasteiger partial charge in [0.25, 0.3) is 0 Å². The maximum Gasteiger partial charge on any atom is 0.178 e. The molecule has 0 aliphatic rings. The van der Waals surface area contributed by atoms with Crippen LogP contribution in [0.2, 0.25) is 0 Å². The van der Waals surface area contributed by atoms with Gasteiger partial charge >= 0.3 is 0 Å². The van der Waals surface area contributed by atoms with Gasteiger partial charge in [0.2, 0.25) is 0 Å². The van der Waals surface area contributed by atoms with Gasteiger partial charge in [-0.1, -0.05) is 6.92 Å². The lowest BCUT2D eigenvalue weighted by molar-refractivity contribution is 0.597. The molecule has 0 atom stereocenters. The number of rotatable bonds is 3. The Kier molecular flexibility index (Phi) is 2.89. The third kappa shape index (κ3) is 2.31. The molecule has 0 amide bonds. The van der Waals surface area contributed by atoms with Crippen LogP contribution < -0.4 is 5.73 Å². The van der Waals surface area contributed by atoms with E-state index in [1.165, 1.54) is 0 Å². The quantitative estimate of drug-likeness (QED) is 0.890. The van der Waals surface area contributed by atoms with Gasteiger partial charge in [0.05, 0.1) is 16.3 Å². The smallest absolute Gasteiger partial charge is 0.178 e. The van der Waals surface area contributed by atoms with Crippen molar-refractivity contribution in [3.8, 4) is 5.69 Å². The summed E-state index contributed by atoms with van der Waals surface area (Å²) < 4.78 is 24.8. The number of aromatic nitrogens is 2. The summed E-state index contributed by atoms with van der Waals surface area (Å²) in [5.41, 5.74) is 6.28. The highest BCUT2D eigenvalue weighted by Gasteiger charge is 2.11. The Bertz CT molecular complexity index is 614. The zero-order chi connectivity index (χ0) is 12.5. The Balaban J connectivity index is 2.37. The minimum atomic E-state index is -3.15. The average molecular weight is 251 g/mol. The van der Waals surface area contributed by atoms with E-state index in [1.54, 1.807) is 48.1 Å². The van der Waals surface area contributed by atoms with Crippen molar-refractivity contribution in [2.75, 3.05) is 11.5 Å². The lowest BCUT2D eigenvalue weighted by Gasteiger charge is -2.04. The monoisotopic (exact) mass is 251 g/mol. The molecule has 0 radical (unpaired) electrons.